The molecule has 0 aromatic heterocycles. The Bertz CT molecular complexity index is 611. The molecule has 1 saturated heterocycles. The molecule has 10 heteroatoms. The first-order valence-corrected chi connectivity index (χ1v) is 6.64. The fourth-order valence-electron chi connectivity index (χ4n) is 1.49. The zero-order chi connectivity index (χ0) is 15.0. The highest BCUT2D eigenvalue weighted by molar-refractivity contribution is 7.87. The number of benzene rings is 1. The molecule has 0 saturated carbocycles. The predicted octanol–water partition coefficient (Wildman–Crippen LogP) is 1.70. The van der Waals surface area contributed by atoms with Gasteiger partial charge in [0.2, 0.25) is 0 Å². The first kappa shape index (κ1) is 14.4. The Morgan fingerprint density at radius 3 is 2.30 bits per heavy atom. The van der Waals surface area contributed by atoms with Crippen LogP contribution in [-0.4, -0.2) is 26.6 Å². The lowest BCUT2D eigenvalue weighted by Gasteiger charge is -2.11. The minimum absolute atomic E-state index is 0.0832. The Hall–Kier alpha value is -1.97. The highest BCUT2D eigenvalue weighted by atomic mass is 32.2. The van der Waals surface area contributed by atoms with Crippen LogP contribution in [0.5, 0.6) is 5.75 Å². The average Bonchev–Trinajstić information content (AvgIpc) is 2.75. The highest BCUT2D eigenvalue weighted by Crippen LogP contribution is 2.28. The van der Waals surface area contributed by atoms with Crippen molar-refractivity contribution in [1.82, 2.24) is 5.32 Å². The molecule has 6 nitrogen and oxygen atoms in total. The van der Waals surface area contributed by atoms with E-state index in [4.69, 9.17) is 0 Å². The molecule has 110 valence electrons. The van der Waals surface area contributed by atoms with Crippen LogP contribution in [0.3, 0.4) is 0 Å². The Kier molecular flexibility index (Phi) is 3.50. The number of ether oxygens (including phenoxy) is 1. The van der Waals surface area contributed by atoms with E-state index in [2.05, 4.69) is 14.2 Å². The minimum atomic E-state index is -5.69. The van der Waals surface area contributed by atoms with E-state index >= 15 is 0 Å². The normalized spacial score (nSPS) is 19.4. The largest absolute Gasteiger partial charge is 0.534 e. The van der Waals surface area contributed by atoms with Crippen molar-refractivity contribution in [3.8, 4) is 5.75 Å². The summed E-state index contributed by atoms with van der Waals surface area (Å²) in [5, 5.41) is 2.46. The molecule has 1 atom stereocenters. The predicted molar refractivity (Wildman–Crippen MR) is 59.3 cm³/mol. The number of carbonyl (C=O) groups is 1. The van der Waals surface area contributed by atoms with Crippen LogP contribution in [0.4, 0.5) is 18.0 Å². The number of hydrogen-bond acceptors (Lipinski definition) is 5. The highest BCUT2D eigenvalue weighted by Gasteiger charge is 2.48. The van der Waals surface area contributed by atoms with E-state index in [0.29, 0.717) is 5.56 Å². The number of alkyl halides is 3. The number of halogens is 3. The van der Waals surface area contributed by atoms with Gasteiger partial charge < -0.3 is 14.2 Å². The van der Waals surface area contributed by atoms with E-state index in [-0.39, 0.29) is 6.61 Å². The molecule has 1 amide bonds. The third-order valence-electron chi connectivity index (χ3n) is 2.45. The summed E-state index contributed by atoms with van der Waals surface area (Å²) in [6.07, 6.45) is -0.602. The summed E-state index contributed by atoms with van der Waals surface area (Å²) in [4.78, 5) is 10.8. The summed E-state index contributed by atoms with van der Waals surface area (Å²) in [7, 11) is -5.69. The van der Waals surface area contributed by atoms with Crippen LogP contribution in [-0.2, 0) is 14.9 Å². The van der Waals surface area contributed by atoms with E-state index in [9.17, 15) is 26.4 Å². The smallest absolute Gasteiger partial charge is 0.447 e. The van der Waals surface area contributed by atoms with Crippen molar-refractivity contribution >= 4 is 16.2 Å². The molecule has 0 unspecified atom stereocenters. The molecular weight excluding hydrogens is 303 g/mol. The molecule has 0 bridgehead atoms. The van der Waals surface area contributed by atoms with Gasteiger partial charge in [-0.05, 0) is 17.7 Å². The number of carbonyl (C=O) groups excluding carboxylic acids is 1. The van der Waals surface area contributed by atoms with Crippen LogP contribution >= 0.6 is 0 Å². The number of hydrogen-bond donors (Lipinski definition) is 1. The van der Waals surface area contributed by atoms with E-state index in [1.54, 1.807) is 0 Å². The second-order valence-electron chi connectivity index (χ2n) is 3.85. The summed E-state index contributed by atoms with van der Waals surface area (Å²) in [5.74, 6) is -0.476. The lowest BCUT2D eigenvalue weighted by Crippen LogP contribution is -2.28. The van der Waals surface area contributed by atoms with E-state index < -0.39 is 33.5 Å². The van der Waals surface area contributed by atoms with Gasteiger partial charge in [-0.2, -0.15) is 21.6 Å². The van der Waals surface area contributed by atoms with Gasteiger partial charge in [-0.25, -0.2) is 4.79 Å². The molecule has 1 heterocycles. The van der Waals surface area contributed by atoms with Crippen LogP contribution in [0.1, 0.15) is 11.6 Å². The van der Waals surface area contributed by atoms with Gasteiger partial charge in [0.25, 0.3) is 0 Å². The minimum Gasteiger partial charge on any atom is -0.447 e. The van der Waals surface area contributed by atoms with Gasteiger partial charge in [0.15, 0.2) is 0 Å². The average molecular weight is 311 g/mol. The number of alkyl carbamates (subject to hydrolysis) is 1. The van der Waals surface area contributed by atoms with Crippen molar-refractivity contribution in [3.05, 3.63) is 29.8 Å². The number of cyclic esters (lactones) is 1. The van der Waals surface area contributed by atoms with Crippen LogP contribution in [0.25, 0.3) is 0 Å². The topological polar surface area (TPSA) is 81.7 Å². The van der Waals surface area contributed by atoms with Crippen molar-refractivity contribution in [2.24, 2.45) is 0 Å². The number of nitrogens with one attached hydrogen (secondary N) is 1. The van der Waals surface area contributed by atoms with Gasteiger partial charge in [-0.3, -0.25) is 0 Å². The fourth-order valence-corrected chi connectivity index (χ4v) is 1.95. The molecule has 0 aliphatic carbocycles. The Labute approximate surface area is 111 Å². The third-order valence-corrected chi connectivity index (χ3v) is 3.42. The summed E-state index contributed by atoms with van der Waals surface area (Å²) < 4.78 is 66.5. The molecule has 1 fully saturated rings. The summed E-state index contributed by atoms with van der Waals surface area (Å²) in [6, 6.07) is 4.35. The van der Waals surface area contributed by atoms with Crippen molar-refractivity contribution in [3.63, 3.8) is 0 Å². The molecule has 1 aliphatic rings. The van der Waals surface area contributed by atoms with Crippen LogP contribution in [0, 0.1) is 0 Å². The third kappa shape index (κ3) is 2.95. The SMILES string of the molecule is O=C1N[C@H](c2ccc(OS(=O)(=O)C(F)(F)F)cc2)CO1. The van der Waals surface area contributed by atoms with E-state index in [1.807, 2.05) is 0 Å². The lowest BCUT2D eigenvalue weighted by molar-refractivity contribution is -0.0500. The molecular formula is C10H8F3NO5S. The second-order valence-corrected chi connectivity index (χ2v) is 5.39. The van der Waals surface area contributed by atoms with Crippen LogP contribution in [0.2, 0.25) is 0 Å². The molecule has 1 aromatic carbocycles. The summed E-state index contributed by atoms with van der Waals surface area (Å²) in [6.45, 7) is 0.0832. The lowest BCUT2D eigenvalue weighted by atomic mass is 10.1. The van der Waals surface area contributed by atoms with E-state index in [1.165, 1.54) is 12.1 Å². The number of rotatable bonds is 3. The maximum absolute atomic E-state index is 12.1. The first-order valence-electron chi connectivity index (χ1n) is 5.23. The standard InChI is InChI=1S/C10H8F3NO5S/c11-10(12,13)20(16,17)19-7-3-1-6(2-4-7)8-5-18-9(15)14-8/h1-4,8H,5H2,(H,14,15)/t8-/m0/s1. The van der Waals surface area contributed by atoms with Gasteiger partial charge in [0.1, 0.15) is 12.4 Å². The summed E-state index contributed by atoms with van der Waals surface area (Å²) in [5.41, 5.74) is -4.94. The zero-order valence-corrected chi connectivity index (χ0v) is 10.5. The Morgan fingerprint density at radius 1 is 1.25 bits per heavy atom. The number of amides is 1. The van der Waals surface area contributed by atoms with Crippen molar-refractivity contribution in [2.75, 3.05) is 6.61 Å². The van der Waals surface area contributed by atoms with Crippen LogP contribution in [0.15, 0.2) is 24.3 Å². The van der Waals surface area contributed by atoms with Gasteiger partial charge in [0, 0.05) is 0 Å². The maximum Gasteiger partial charge on any atom is 0.534 e. The van der Waals surface area contributed by atoms with Crippen molar-refractivity contribution in [2.45, 2.75) is 11.6 Å². The Balaban J connectivity index is 2.11. The maximum atomic E-state index is 12.1. The summed E-state index contributed by atoms with van der Waals surface area (Å²) >= 11 is 0. The molecule has 1 N–H and O–H groups in total. The molecule has 2 rings (SSSR count). The molecule has 20 heavy (non-hydrogen) atoms. The quantitative estimate of drug-likeness (QED) is 0.678. The van der Waals surface area contributed by atoms with E-state index in [0.717, 1.165) is 12.1 Å². The van der Waals surface area contributed by atoms with Gasteiger partial charge in [0.05, 0.1) is 6.04 Å². The fraction of sp³-hybridized carbons (Fsp3) is 0.300. The monoisotopic (exact) mass is 311 g/mol. The molecule has 0 spiro atoms. The van der Waals surface area contributed by atoms with Gasteiger partial charge >= 0.3 is 21.7 Å². The first-order chi connectivity index (χ1) is 9.19. The Morgan fingerprint density at radius 2 is 1.85 bits per heavy atom. The second kappa shape index (κ2) is 4.85. The van der Waals surface area contributed by atoms with Crippen molar-refractivity contribution < 1.29 is 35.3 Å². The van der Waals surface area contributed by atoms with Crippen LogP contribution < -0.4 is 9.50 Å². The van der Waals surface area contributed by atoms with Gasteiger partial charge in [-0.1, -0.05) is 12.1 Å². The molecule has 1 aromatic rings. The molecule has 1 aliphatic heterocycles. The molecule has 0 radical (unpaired) electrons. The van der Waals surface area contributed by atoms with Crippen molar-refractivity contribution in [1.29, 1.82) is 0 Å². The zero-order valence-electron chi connectivity index (χ0n) is 9.68. The van der Waals surface area contributed by atoms with Gasteiger partial charge in [-0.15, -0.1) is 0 Å².